The second kappa shape index (κ2) is 9.17. The van der Waals surface area contributed by atoms with Crippen LogP contribution in [0.2, 0.25) is 0 Å². The maximum atomic E-state index is 12.4. The van der Waals surface area contributed by atoms with E-state index in [2.05, 4.69) is 25.8 Å². The lowest BCUT2D eigenvalue weighted by Crippen LogP contribution is -2.45. The smallest absolute Gasteiger partial charge is 0.317 e. The van der Waals surface area contributed by atoms with E-state index in [9.17, 15) is 9.59 Å². The van der Waals surface area contributed by atoms with Gasteiger partial charge in [0, 0.05) is 37.8 Å². The first-order chi connectivity index (χ1) is 14.2. The summed E-state index contributed by atoms with van der Waals surface area (Å²) in [6.45, 7) is 2.24. The summed E-state index contributed by atoms with van der Waals surface area (Å²) < 4.78 is 5.62. The van der Waals surface area contributed by atoms with Crippen LogP contribution in [0.5, 0.6) is 5.88 Å². The molecule has 2 aliphatic rings. The van der Waals surface area contributed by atoms with Gasteiger partial charge in [-0.3, -0.25) is 4.79 Å². The molecule has 0 spiro atoms. The number of hydrogen-bond acceptors (Lipinski definition) is 7. The fourth-order valence-electron chi connectivity index (χ4n) is 3.16. The molecule has 2 fully saturated rings. The van der Waals surface area contributed by atoms with Crippen molar-refractivity contribution in [2.45, 2.75) is 32.2 Å². The molecule has 3 heterocycles. The Bertz CT molecular complexity index is 817. The van der Waals surface area contributed by atoms with Gasteiger partial charge in [-0.25, -0.2) is 9.78 Å². The molecule has 1 aliphatic carbocycles. The van der Waals surface area contributed by atoms with Gasteiger partial charge in [-0.15, -0.1) is 10.2 Å². The van der Waals surface area contributed by atoms with Gasteiger partial charge in [0.05, 0.1) is 6.61 Å². The maximum absolute atomic E-state index is 12.4. The van der Waals surface area contributed by atoms with Gasteiger partial charge in [-0.2, -0.15) is 0 Å². The van der Waals surface area contributed by atoms with E-state index < -0.39 is 0 Å². The number of hydrogen-bond donors (Lipinski definition) is 2. The Kier molecular flexibility index (Phi) is 6.18. The zero-order valence-electron chi connectivity index (χ0n) is 16.0. The number of urea groups is 1. The van der Waals surface area contributed by atoms with Crippen molar-refractivity contribution in [3.8, 4) is 5.88 Å². The maximum Gasteiger partial charge on any atom is 0.317 e. The molecule has 1 aliphatic heterocycles. The Morgan fingerprint density at radius 3 is 2.69 bits per heavy atom. The predicted octanol–water partition coefficient (Wildman–Crippen LogP) is 2.28. The molecule has 3 amide bonds. The number of carbonyl (C=O) groups excluding carboxylic acids is 2. The van der Waals surface area contributed by atoms with Crippen LogP contribution in [-0.2, 0) is 11.3 Å². The van der Waals surface area contributed by atoms with Gasteiger partial charge >= 0.3 is 6.03 Å². The van der Waals surface area contributed by atoms with Crippen molar-refractivity contribution in [3.05, 3.63) is 29.4 Å². The molecule has 1 saturated heterocycles. The summed E-state index contributed by atoms with van der Waals surface area (Å²) in [7, 11) is 0. The molecule has 29 heavy (non-hydrogen) atoms. The minimum atomic E-state index is -0.123. The lowest BCUT2D eigenvalue weighted by Gasteiger charge is -2.31. The highest BCUT2D eigenvalue weighted by molar-refractivity contribution is 7.13. The summed E-state index contributed by atoms with van der Waals surface area (Å²) >= 11 is 1.29. The van der Waals surface area contributed by atoms with Crippen LogP contribution in [0.1, 0.15) is 31.2 Å². The number of piperidine rings is 1. The minimum Gasteiger partial charge on any atom is -0.477 e. The minimum absolute atomic E-state index is 0.0584. The number of amides is 3. The molecule has 9 nitrogen and oxygen atoms in total. The Morgan fingerprint density at radius 1 is 1.21 bits per heavy atom. The highest BCUT2D eigenvalue weighted by Crippen LogP contribution is 2.29. The number of pyridine rings is 1. The number of nitrogens with one attached hydrogen (secondary N) is 2. The number of rotatable bonds is 7. The summed E-state index contributed by atoms with van der Waals surface area (Å²) in [5.74, 6) is 1.14. The van der Waals surface area contributed by atoms with Gasteiger partial charge in [0.1, 0.15) is 5.51 Å². The second-order valence-corrected chi connectivity index (χ2v) is 8.25. The molecule has 2 aromatic rings. The first-order valence-electron chi connectivity index (χ1n) is 9.85. The van der Waals surface area contributed by atoms with Crippen molar-refractivity contribution >= 4 is 28.4 Å². The van der Waals surface area contributed by atoms with Crippen molar-refractivity contribution in [2.24, 2.45) is 11.8 Å². The fourth-order valence-corrected chi connectivity index (χ4v) is 3.61. The lowest BCUT2D eigenvalue weighted by molar-refractivity contribution is -0.121. The summed E-state index contributed by atoms with van der Waals surface area (Å²) in [5.41, 5.74) is 2.50. The van der Waals surface area contributed by atoms with Gasteiger partial charge in [0.2, 0.25) is 16.9 Å². The number of aromatic nitrogens is 3. The number of anilines is 1. The van der Waals surface area contributed by atoms with Crippen molar-refractivity contribution in [2.75, 3.05) is 25.0 Å². The average Bonchev–Trinajstić information content (AvgIpc) is 3.45. The number of nitrogens with zero attached hydrogens (tertiary/aromatic N) is 4. The van der Waals surface area contributed by atoms with E-state index in [1.807, 2.05) is 12.1 Å². The molecule has 4 rings (SSSR count). The van der Waals surface area contributed by atoms with Crippen LogP contribution in [0.3, 0.4) is 0 Å². The van der Waals surface area contributed by atoms with E-state index in [0.29, 0.717) is 49.4 Å². The van der Waals surface area contributed by atoms with Crippen molar-refractivity contribution in [1.82, 2.24) is 25.4 Å². The van der Waals surface area contributed by atoms with Crippen molar-refractivity contribution in [1.29, 1.82) is 0 Å². The molecule has 0 atom stereocenters. The molecular weight excluding hydrogens is 392 g/mol. The Labute approximate surface area is 172 Å². The van der Waals surface area contributed by atoms with Gasteiger partial charge in [0.25, 0.3) is 0 Å². The first kappa shape index (κ1) is 19.6. The van der Waals surface area contributed by atoms with Crippen LogP contribution in [0.25, 0.3) is 0 Å². The molecule has 2 aromatic heterocycles. The number of likely N-dealkylation sites (tertiary alicyclic amines) is 1. The van der Waals surface area contributed by atoms with Crippen molar-refractivity contribution in [3.63, 3.8) is 0 Å². The zero-order chi connectivity index (χ0) is 20.1. The molecule has 10 heteroatoms. The molecule has 2 N–H and O–H groups in total. The molecule has 154 valence electrons. The highest BCUT2D eigenvalue weighted by Gasteiger charge is 2.27. The monoisotopic (exact) mass is 416 g/mol. The van der Waals surface area contributed by atoms with Crippen LogP contribution in [0, 0.1) is 11.8 Å². The summed E-state index contributed by atoms with van der Waals surface area (Å²) in [4.78, 5) is 30.7. The lowest BCUT2D eigenvalue weighted by atomic mass is 9.96. The first-order valence-corrected chi connectivity index (χ1v) is 10.7. The number of ether oxygens (including phenoxy) is 1. The zero-order valence-corrected chi connectivity index (χ0v) is 16.9. The average molecular weight is 417 g/mol. The van der Waals surface area contributed by atoms with Gasteiger partial charge in [-0.05, 0) is 37.2 Å². The summed E-state index contributed by atoms with van der Waals surface area (Å²) in [6.07, 6.45) is 5.48. The predicted molar refractivity (Wildman–Crippen MR) is 108 cm³/mol. The third-order valence-electron chi connectivity index (χ3n) is 5.15. The standard InChI is InChI=1S/C19H24N6O3S/c26-17(23-18-24-22-12-29-18)15-5-7-25(8-6-15)19(27)21-10-14-3-4-16(20-9-14)28-11-13-1-2-13/h3-4,9,12-13,15H,1-2,5-8,10-11H2,(H,21,27)(H,23,24,26). The third kappa shape index (κ3) is 5.63. The van der Waals surface area contributed by atoms with Crippen LogP contribution in [-0.4, -0.2) is 51.7 Å². The SMILES string of the molecule is O=C(Nc1nncs1)C1CCN(C(=O)NCc2ccc(OCC3CC3)nc2)CC1. The molecule has 0 radical (unpaired) electrons. The van der Waals surface area contributed by atoms with Crippen LogP contribution >= 0.6 is 11.3 Å². The van der Waals surface area contributed by atoms with Gasteiger partial charge in [0.15, 0.2) is 0 Å². The van der Waals surface area contributed by atoms with E-state index in [-0.39, 0.29) is 17.9 Å². The molecule has 1 saturated carbocycles. The quantitative estimate of drug-likeness (QED) is 0.717. The van der Waals surface area contributed by atoms with Crippen molar-refractivity contribution < 1.29 is 14.3 Å². The largest absolute Gasteiger partial charge is 0.477 e. The van der Waals surface area contributed by atoms with Gasteiger partial charge < -0.3 is 20.3 Å². The topological polar surface area (TPSA) is 109 Å². The highest BCUT2D eigenvalue weighted by atomic mass is 32.1. The van der Waals surface area contributed by atoms with Crippen LogP contribution in [0.4, 0.5) is 9.93 Å². The molecular formula is C19H24N6O3S. The Balaban J connectivity index is 1.17. The second-order valence-electron chi connectivity index (χ2n) is 7.41. The summed E-state index contributed by atoms with van der Waals surface area (Å²) in [5, 5.41) is 13.7. The number of carbonyl (C=O) groups is 2. The molecule has 0 bridgehead atoms. The van der Waals surface area contributed by atoms with E-state index in [1.165, 1.54) is 24.2 Å². The third-order valence-corrected chi connectivity index (χ3v) is 5.75. The van der Waals surface area contributed by atoms with E-state index in [1.54, 1.807) is 16.6 Å². The van der Waals surface area contributed by atoms with Crippen LogP contribution < -0.4 is 15.4 Å². The van der Waals surface area contributed by atoms with E-state index >= 15 is 0 Å². The normalized spacial score (nSPS) is 17.0. The Morgan fingerprint density at radius 2 is 2.03 bits per heavy atom. The van der Waals surface area contributed by atoms with E-state index in [4.69, 9.17) is 4.74 Å². The van der Waals surface area contributed by atoms with E-state index in [0.717, 1.165) is 12.2 Å². The fraction of sp³-hybridized carbons (Fsp3) is 0.526. The Hall–Kier alpha value is -2.75. The molecule has 0 aromatic carbocycles. The van der Waals surface area contributed by atoms with Crippen LogP contribution in [0.15, 0.2) is 23.8 Å². The van der Waals surface area contributed by atoms with Gasteiger partial charge in [-0.1, -0.05) is 17.4 Å². The molecule has 0 unspecified atom stereocenters. The summed E-state index contributed by atoms with van der Waals surface area (Å²) in [6, 6.07) is 3.63.